The van der Waals surface area contributed by atoms with Crippen LogP contribution in [0.1, 0.15) is 22.3 Å². The monoisotopic (exact) mass is 257 g/mol. The zero-order valence-corrected chi connectivity index (χ0v) is 10.9. The first-order valence-electron chi connectivity index (χ1n) is 6.00. The Labute approximate surface area is 111 Å². The lowest BCUT2D eigenvalue weighted by atomic mass is 9.97. The summed E-state index contributed by atoms with van der Waals surface area (Å²) in [6.45, 7) is 3.61. The summed E-state index contributed by atoms with van der Waals surface area (Å²) in [4.78, 5) is 10.5. The van der Waals surface area contributed by atoms with Gasteiger partial charge in [0, 0.05) is 11.6 Å². The highest BCUT2D eigenvalue weighted by atomic mass is 16.6. The van der Waals surface area contributed by atoms with Gasteiger partial charge in [-0.05, 0) is 55.2 Å². The van der Waals surface area contributed by atoms with Gasteiger partial charge in [0.25, 0.3) is 5.69 Å². The molecule has 0 fully saturated rings. The summed E-state index contributed by atoms with van der Waals surface area (Å²) in [5, 5.41) is 20.3. The van der Waals surface area contributed by atoms with Gasteiger partial charge < -0.3 is 5.11 Å². The molecule has 0 saturated carbocycles. The lowest BCUT2D eigenvalue weighted by Crippen LogP contribution is -1.97. The number of hydrogen-bond donors (Lipinski definition) is 1. The van der Waals surface area contributed by atoms with E-state index >= 15 is 0 Å². The van der Waals surface area contributed by atoms with Crippen molar-refractivity contribution in [3.05, 3.63) is 68.8 Å². The second-order valence-corrected chi connectivity index (χ2v) is 4.67. The average molecular weight is 257 g/mol. The van der Waals surface area contributed by atoms with Gasteiger partial charge >= 0.3 is 0 Å². The molecule has 0 spiro atoms. The predicted octanol–water partition coefficient (Wildman–Crippen LogP) is 3.51. The normalized spacial score (nSPS) is 10.4. The van der Waals surface area contributed by atoms with Gasteiger partial charge in [0.2, 0.25) is 0 Å². The van der Waals surface area contributed by atoms with Crippen LogP contribution in [0.15, 0.2) is 36.4 Å². The largest absolute Gasteiger partial charge is 0.508 e. The van der Waals surface area contributed by atoms with Crippen molar-refractivity contribution in [2.24, 2.45) is 0 Å². The molecular formula is C15H15NO3. The summed E-state index contributed by atoms with van der Waals surface area (Å²) < 4.78 is 0. The predicted molar refractivity (Wildman–Crippen MR) is 73.5 cm³/mol. The van der Waals surface area contributed by atoms with Gasteiger partial charge in [-0.3, -0.25) is 10.1 Å². The topological polar surface area (TPSA) is 63.4 Å². The van der Waals surface area contributed by atoms with Crippen molar-refractivity contribution in [2.75, 3.05) is 0 Å². The first-order valence-corrected chi connectivity index (χ1v) is 6.00. The average Bonchev–Trinajstić information content (AvgIpc) is 2.33. The Bertz CT molecular complexity index is 635. The molecule has 4 nitrogen and oxygen atoms in total. The summed E-state index contributed by atoms with van der Waals surface area (Å²) in [6, 6.07) is 10.5. The molecule has 0 aliphatic carbocycles. The molecule has 98 valence electrons. The number of benzene rings is 2. The van der Waals surface area contributed by atoms with Gasteiger partial charge in [0.15, 0.2) is 0 Å². The smallest absolute Gasteiger partial charge is 0.272 e. The lowest BCUT2D eigenvalue weighted by molar-refractivity contribution is -0.385. The molecule has 0 saturated heterocycles. The van der Waals surface area contributed by atoms with Crippen LogP contribution in [0.5, 0.6) is 5.75 Å². The molecule has 4 heteroatoms. The fourth-order valence-electron chi connectivity index (χ4n) is 2.13. The fourth-order valence-corrected chi connectivity index (χ4v) is 2.13. The molecule has 2 aromatic carbocycles. The zero-order valence-electron chi connectivity index (χ0n) is 10.9. The van der Waals surface area contributed by atoms with Gasteiger partial charge in [-0.2, -0.15) is 0 Å². The second-order valence-electron chi connectivity index (χ2n) is 4.67. The Morgan fingerprint density at radius 1 is 1.16 bits per heavy atom. The van der Waals surface area contributed by atoms with E-state index in [1.54, 1.807) is 31.2 Å². The number of phenols is 1. The Kier molecular flexibility index (Phi) is 3.51. The van der Waals surface area contributed by atoms with Crippen LogP contribution < -0.4 is 0 Å². The first-order chi connectivity index (χ1) is 8.97. The zero-order chi connectivity index (χ0) is 14.0. The van der Waals surface area contributed by atoms with Crippen LogP contribution in [0.4, 0.5) is 5.69 Å². The minimum absolute atomic E-state index is 0.150. The highest BCUT2D eigenvalue weighted by Crippen LogP contribution is 2.25. The van der Waals surface area contributed by atoms with E-state index in [1.165, 1.54) is 0 Å². The molecule has 0 heterocycles. The van der Waals surface area contributed by atoms with E-state index in [4.69, 9.17) is 0 Å². The third-order valence-corrected chi connectivity index (χ3v) is 3.16. The van der Waals surface area contributed by atoms with E-state index in [2.05, 4.69) is 0 Å². The minimum Gasteiger partial charge on any atom is -0.508 e. The number of nitro groups is 1. The Hall–Kier alpha value is -2.36. The number of aromatic hydroxyl groups is 1. The van der Waals surface area contributed by atoms with E-state index in [-0.39, 0.29) is 16.4 Å². The molecule has 2 rings (SSSR count). The van der Waals surface area contributed by atoms with E-state index in [1.807, 2.05) is 19.1 Å². The van der Waals surface area contributed by atoms with Gasteiger partial charge in [0.05, 0.1) is 4.92 Å². The summed E-state index contributed by atoms with van der Waals surface area (Å²) in [5.41, 5.74) is 3.72. The number of hydrogen-bond acceptors (Lipinski definition) is 3. The van der Waals surface area contributed by atoms with Gasteiger partial charge in [0.1, 0.15) is 5.75 Å². The van der Waals surface area contributed by atoms with Crippen molar-refractivity contribution in [2.45, 2.75) is 20.3 Å². The number of rotatable bonds is 3. The quantitative estimate of drug-likeness (QED) is 0.676. The number of aryl methyl sites for hydroxylation is 2. The van der Waals surface area contributed by atoms with Gasteiger partial charge in [-0.1, -0.05) is 12.1 Å². The standard InChI is InChI=1S/C15H15NO3/c1-10-7-15(16(18)19)11(2)6-13(10)8-12-4-3-5-14(17)9-12/h3-7,9,17H,8H2,1-2H3. The van der Waals surface area contributed by atoms with Crippen molar-refractivity contribution in [3.63, 3.8) is 0 Å². The molecule has 0 aromatic heterocycles. The van der Waals surface area contributed by atoms with Crippen molar-refractivity contribution < 1.29 is 10.0 Å². The van der Waals surface area contributed by atoms with E-state index in [0.29, 0.717) is 12.0 Å². The van der Waals surface area contributed by atoms with Crippen LogP contribution in [0.2, 0.25) is 0 Å². The van der Waals surface area contributed by atoms with Crippen LogP contribution in [0.25, 0.3) is 0 Å². The molecule has 2 aromatic rings. The fraction of sp³-hybridized carbons (Fsp3) is 0.200. The maximum atomic E-state index is 10.9. The molecule has 1 N–H and O–H groups in total. The number of nitrogens with zero attached hydrogens (tertiary/aromatic N) is 1. The van der Waals surface area contributed by atoms with E-state index in [0.717, 1.165) is 16.7 Å². The highest BCUT2D eigenvalue weighted by Gasteiger charge is 2.13. The van der Waals surface area contributed by atoms with Crippen LogP contribution in [-0.2, 0) is 6.42 Å². The summed E-state index contributed by atoms with van der Waals surface area (Å²) in [7, 11) is 0. The Morgan fingerprint density at radius 3 is 2.53 bits per heavy atom. The van der Waals surface area contributed by atoms with E-state index < -0.39 is 0 Å². The molecule has 19 heavy (non-hydrogen) atoms. The number of phenolic OH excluding ortho intramolecular Hbond substituents is 1. The first kappa shape index (κ1) is 13.1. The van der Waals surface area contributed by atoms with Crippen LogP contribution >= 0.6 is 0 Å². The van der Waals surface area contributed by atoms with Crippen molar-refractivity contribution in [3.8, 4) is 5.75 Å². The summed E-state index contributed by atoms with van der Waals surface area (Å²) in [6.07, 6.45) is 0.652. The number of nitro benzene ring substituents is 1. The van der Waals surface area contributed by atoms with Crippen molar-refractivity contribution in [1.82, 2.24) is 0 Å². The summed E-state index contributed by atoms with van der Waals surface area (Å²) >= 11 is 0. The van der Waals surface area contributed by atoms with Crippen molar-refractivity contribution in [1.29, 1.82) is 0 Å². The third kappa shape index (κ3) is 2.91. The molecule has 0 aliphatic heterocycles. The van der Waals surface area contributed by atoms with Crippen LogP contribution in [-0.4, -0.2) is 10.0 Å². The van der Waals surface area contributed by atoms with Gasteiger partial charge in [-0.15, -0.1) is 0 Å². The molecule has 0 aliphatic rings. The molecule has 0 radical (unpaired) electrons. The van der Waals surface area contributed by atoms with Crippen molar-refractivity contribution >= 4 is 5.69 Å². The minimum atomic E-state index is -0.361. The van der Waals surface area contributed by atoms with Crippen LogP contribution in [0, 0.1) is 24.0 Å². The molecule has 0 bridgehead atoms. The second kappa shape index (κ2) is 5.10. The lowest BCUT2D eigenvalue weighted by Gasteiger charge is -2.08. The molecule has 0 atom stereocenters. The maximum Gasteiger partial charge on any atom is 0.272 e. The van der Waals surface area contributed by atoms with Crippen LogP contribution in [0.3, 0.4) is 0 Å². The summed E-state index contributed by atoms with van der Waals surface area (Å²) in [5.74, 6) is 0.230. The van der Waals surface area contributed by atoms with Gasteiger partial charge in [-0.25, -0.2) is 0 Å². The van der Waals surface area contributed by atoms with E-state index in [9.17, 15) is 15.2 Å². The molecular weight excluding hydrogens is 242 g/mol. The third-order valence-electron chi connectivity index (χ3n) is 3.16. The highest BCUT2D eigenvalue weighted by molar-refractivity contribution is 5.47. The molecule has 0 unspecified atom stereocenters. The SMILES string of the molecule is Cc1cc([N+](=O)[O-])c(C)cc1Cc1cccc(O)c1. The Morgan fingerprint density at radius 2 is 1.89 bits per heavy atom. The molecule has 0 amide bonds. The maximum absolute atomic E-state index is 10.9. The Balaban J connectivity index is 2.36.